The maximum absolute atomic E-state index is 13.1. The molecule has 0 aliphatic carbocycles. The maximum atomic E-state index is 13.1. The smallest absolute Gasteiger partial charge is 0.416 e. The molecule has 0 saturated carbocycles. The van der Waals surface area contributed by atoms with E-state index < -0.39 is 17.3 Å². The van der Waals surface area contributed by atoms with Gasteiger partial charge in [-0.05, 0) is 60.4 Å². The predicted octanol–water partition coefficient (Wildman–Crippen LogP) is 4.89. The van der Waals surface area contributed by atoms with Crippen LogP contribution in [0.15, 0.2) is 54.7 Å². The van der Waals surface area contributed by atoms with Gasteiger partial charge < -0.3 is 29.1 Å². The van der Waals surface area contributed by atoms with E-state index in [2.05, 4.69) is 4.98 Å². The Morgan fingerprint density at radius 1 is 1.02 bits per heavy atom. The van der Waals surface area contributed by atoms with Gasteiger partial charge in [-0.1, -0.05) is 12.1 Å². The van der Waals surface area contributed by atoms with Gasteiger partial charge in [0, 0.05) is 32.9 Å². The van der Waals surface area contributed by atoms with Gasteiger partial charge in [-0.25, -0.2) is 4.98 Å². The summed E-state index contributed by atoms with van der Waals surface area (Å²) in [4.78, 5) is 21.0. The number of aromatic nitrogens is 1. The second kappa shape index (κ2) is 11.6. The number of pyridine rings is 1. The number of carbonyl (C=O) groups excluding carboxylic acids is 1. The lowest BCUT2D eigenvalue weighted by molar-refractivity contribution is -0.137. The van der Waals surface area contributed by atoms with Gasteiger partial charge in [0.1, 0.15) is 5.82 Å². The molecule has 40 heavy (non-hydrogen) atoms. The highest BCUT2D eigenvalue weighted by Crippen LogP contribution is 2.39. The molecule has 1 fully saturated rings. The van der Waals surface area contributed by atoms with Crippen LogP contribution in [0.5, 0.6) is 17.2 Å². The molecule has 2 aromatic carbocycles. The number of aliphatic hydroxyl groups is 1. The summed E-state index contributed by atoms with van der Waals surface area (Å²) in [6.07, 6.45) is -2.49. The summed E-state index contributed by atoms with van der Waals surface area (Å²) >= 11 is 0. The zero-order chi connectivity index (χ0) is 29.1. The van der Waals surface area contributed by atoms with Gasteiger partial charge in [0.2, 0.25) is 5.75 Å². The van der Waals surface area contributed by atoms with Crippen molar-refractivity contribution in [3.05, 3.63) is 77.0 Å². The van der Waals surface area contributed by atoms with Gasteiger partial charge in [-0.2, -0.15) is 13.2 Å². The van der Waals surface area contributed by atoms with Crippen LogP contribution in [0.2, 0.25) is 0 Å². The van der Waals surface area contributed by atoms with Crippen LogP contribution in [0.25, 0.3) is 0 Å². The SMILES string of the molecule is COc1cc(CN(C)C(=O)c2ccc(N3CCC(O)(c4cccc(C(F)(F)F)c4)CC3)nc2)cc(OC)c1OC. The molecule has 3 aromatic rings. The van der Waals surface area contributed by atoms with E-state index in [-0.39, 0.29) is 30.9 Å². The Morgan fingerprint density at radius 3 is 2.20 bits per heavy atom. The van der Waals surface area contributed by atoms with Crippen LogP contribution in [0.4, 0.5) is 19.0 Å². The van der Waals surface area contributed by atoms with Crippen LogP contribution in [0.1, 0.15) is 39.9 Å². The van der Waals surface area contributed by atoms with Crippen molar-refractivity contribution in [2.24, 2.45) is 0 Å². The van der Waals surface area contributed by atoms with Crippen molar-refractivity contribution in [2.45, 2.75) is 31.2 Å². The molecule has 2 heterocycles. The lowest BCUT2D eigenvalue weighted by Gasteiger charge is -2.39. The number of halogens is 3. The molecule has 0 atom stereocenters. The minimum Gasteiger partial charge on any atom is -0.493 e. The van der Waals surface area contributed by atoms with E-state index in [9.17, 15) is 23.1 Å². The third-order valence-electron chi connectivity index (χ3n) is 7.13. The van der Waals surface area contributed by atoms with Crippen molar-refractivity contribution in [1.29, 1.82) is 0 Å². The predicted molar refractivity (Wildman–Crippen MR) is 143 cm³/mol. The highest BCUT2D eigenvalue weighted by Gasteiger charge is 2.37. The van der Waals surface area contributed by atoms with Gasteiger partial charge in [0.25, 0.3) is 5.91 Å². The van der Waals surface area contributed by atoms with Crippen LogP contribution < -0.4 is 19.1 Å². The summed E-state index contributed by atoms with van der Waals surface area (Å²) < 4.78 is 55.6. The van der Waals surface area contributed by atoms with Gasteiger partial charge >= 0.3 is 6.18 Å². The number of benzene rings is 2. The van der Waals surface area contributed by atoms with Crippen molar-refractivity contribution in [3.63, 3.8) is 0 Å². The molecular formula is C29H32F3N3O5. The van der Waals surface area contributed by atoms with E-state index in [1.54, 1.807) is 36.2 Å². The van der Waals surface area contributed by atoms with Crippen molar-refractivity contribution in [3.8, 4) is 17.2 Å². The molecule has 1 amide bonds. The number of alkyl halides is 3. The molecule has 0 spiro atoms. The Kier molecular flexibility index (Phi) is 8.43. The highest BCUT2D eigenvalue weighted by molar-refractivity contribution is 5.93. The van der Waals surface area contributed by atoms with Gasteiger partial charge in [-0.3, -0.25) is 4.79 Å². The minimum absolute atomic E-state index is 0.231. The Labute approximate surface area is 230 Å². The van der Waals surface area contributed by atoms with Gasteiger partial charge in [0.05, 0.1) is 38.1 Å². The molecule has 11 heteroatoms. The second-order valence-corrected chi connectivity index (χ2v) is 9.70. The molecule has 4 rings (SSSR count). The first-order valence-corrected chi connectivity index (χ1v) is 12.6. The average Bonchev–Trinajstić information content (AvgIpc) is 2.96. The molecule has 0 unspecified atom stereocenters. The normalized spacial score (nSPS) is 14.9. The molecule has 1 aliphatic heterocycles. The zero-order valence-electron chi connectivity index (χ0n) is 22.8. The summed E-state index contributed by atoms with van der Waals surface area (Å²) in [5.74, 6) is 1.84. The number of piperidine rings is 1. The molecule has 1 aromatic heterocycles. The van der Waals surface area contributed by atoms with Crippen LogP contribution in [0.3, 0.4) is 0 Å². The number of nitrogens with zero attached hydrogens (tertiary/aromatic N) is 3. The maximum Gasteiger partial charge on any atom is 0.416 e. The van der Waals surface area contributed by atoms with E-state index in [0.717, 1.165) is 17.7 Å². The Morgan fingerprint density at radius 2 is 1.68 bits per heavy atom. The minimum atomic E-state index is -4.47. The number of amides is 1. The van der Waals surface area contributed by atoms with E-state index >= 15 is 0 Å². The summed E-state index contributed by atoms with van der Waals surface area (Å²) in [5.41, 5.74) is -0.694. The largest absolute Gasteiger partial charge is 0.493 e. The molecule has 214 valence electrons. The van der Waals surface area contributed by atoms with E-state index in [0.29, 0.717) is 41.7 Å². The number of carbonyl (C=O) groups is 1. The lowest BCUT2D eigenvalue weighted by Crippen LogP contribution is -2.43. The number of anilines is 1. The standard InChI is InChI=1S/C29H32F3N3O5/c1-34(18-19-14-23(38-2)26(40-4)24(15-19)39-3)27(36)20-8-9-25(33-17-20)35-12-10-28(37,11-13-35)21-6-5-7-22(16-21)29(30,31)32/h5-9,14-17,37H,10-13,18H2,1-4H3. The Balaban J connectivity index is 1.40. The third-order valence-corrected chi connectivity index (χ3v) is 7.13. The van der Waals surface area contributed by atoms with Crippen molar-refractivity contribution in [2.75, 3.05) is 46.4 Å². The molecule has 8 nitrogen and oxygen atoms in total. The summed E-state index contributed by atoms with van der Waals surface area (Å²) in [5, 5.41) is 11.1. The third kappa shape index (κ3) is 6.09. The summed E-state index contributed by atoms with van der Waals surface area (Å²) in [7, 11) is 6.25. The molecule has 0 radical (unpaired) electrons. The molecule has 1 N–H and O–H groups in total. The van der Waals surface area contributed by atoms with Crippen LogP contribution in [-0.4, -0.2) is 62.4 Å². The first-order chi connectivity index (χ1) is 19.0. The monoisotopic (exact) mass is 559 g/mol. The molecule has 0 bridgehead atoms. The van der Waals surface area contributed by atoms with Crippen molar-refractivity contribution >= 4 is 11.7 Å². The number of methoxy groups -OCH3 is 3. The number of ether oxygens (including phenoxy) is 3. The second-order valence-electron chi connectivity index (χ2n) is 9.70. The van der Waals surface area contributed by atoms with E-state index in [1.165, 1.54) is 39.7 Å². The number of hydrogen-bond acceptors (Lipinski definition) is 7. The molecule has 1 saturated heterocycles. The fraction of sp³-hybridized carbons (Fsp3) is 0.379. The zero-order valence-corrected chi connectivity index (χ0v) is 22.8. The molecular weight excluding hydrogens is 527 g/mol. The first-order valence-electron chi connectivity index (χ1n) is 12.6. The van der Waals surface area contributed by atoms with Gasteiger partial charge in [0.15, 0.2) is 11.5 Å². The molecule has 1 aliphatic rings. The van der Waals surface area contributed by atoms with Crippen molar-refractivity contribution in [1.82, 2.24) is 9.88 Å². The van der Waals surface area contributed by atoms with Crippen LogP contribution >= 0.6 is 0 Å². The summed E-state index contributed by atoms with van der Waals surface area (Å²) in [6, 6.07) is 11.8. The first kappa shape index (κ1) is 29.0. The average molecular weight is 560 g/mol. The fourth-order valence-corrected chi connectivity index (χ4v) is 4.87. The highest BCUT2D eigenvalue weighted by atomic mass is 19.4. The quantitative estimate of drug-likeness (QED) is 0.421. The van der Waals surface area contributed by atoms with Crippen molar-refractivity contribution < 1.29 is 37.3 Å². The Bertz CT molecular complexity index is 1310. The van der Waals surface area contributed by atoms with E-state index in [1.807, 2.05) is 4.90 Å². The number of hydrogen-bond donors (Lipinski definition) is 1. The Hall–Kier alpha value is -3.99. The fourth-order valence-electron chi connectivity index (χ4n) is 4.87. The van der Waals surface area contributed by atoms with Gasteiger partial charge in [-0.15, -0.1) is 0 Å². The van der Waals surface area contributed by atoms with E-state index in [4.69, 9.17) is 14.2 Å². The lowest BCUT2D eigenvalue weighted by atomic mass is 9.83. The summed E-state index contributed by atoms with van der Waals surface area (Å²) in [6.45, 7) is 1.08. The topological polar surface area (TPSA) is 84.4 Å². The van der Waals surface area contributed by atoms with Crippen LogP contribution in [-0.2, 0) is 18.3 Å². The number of rotatable bonds is 8. The van der Waals surface area contributed by atoms with Crippen LogP contribution in [0, 0.1) is 0 Å².